The van der Waals surface area contributed by atoms with Gasteiger partial charge in [-0.05, 0) is 25.7 Å². The molecule has 0 aromatic heterocycles. The molecule has 30 heavy (non-hydrogen) atoms. The Hall–Kier alpha value is -1.46. The predicted molar refractivity (Wildman–Crippen MR) is 118 cm³/mol. The van der Waals surface area contributed by atoms with Crippen LogP contribution in [0.2, 0.25) is 0 Å². The first-order valence-corrected chi connectivity index (χ1v) is 12.4. The summed E-state index contributed by atoms with van der Waals surface area (Å²) in [5.74, 6) is 0. The van der Waals surface area contributed by atoms with E-state index >= 15 is 0 Å². The molecule has 0 unspecified atom stereocenters. The highest BCUT2D eigenvalue weighted by Crippen LogP contribution is 2.12. The normalized spacial score (nSPS) is 22.3. The van der Waals surface area contributed by atoms with E-state index in [2.05, 4.69) is 0 Å². The fraction of sp³-hybridized carbons (Fsp3) is 0.917. The van der Waals surface area contributed by atoms with Gasteiger partial charge < -0.3 is 18.9 Å². The minimum Gasteiger partial charge on any atom is -0.434 e. The number of rotatable bonds is 0. The van der Waals surface area contributed by atoms with Gasteiger partial charge in [0.05, 0.1) is 26.4 Å². The van der Waals surface area contributed by atoms with Gasteiger partial charge in [-0.3, -0.25) is 0 Å². The van der Waals surface area contributed by atoms with Gasteiger partial charge in [-0.2, -0.15) is 0 Å². The van der Waals surface area contributed by atoms with Crippen LogP contribution in [0, 0.1) is 0 Å². The van der Waals surface area contributed by atoms with E-state index in [0.29, 0.717) is 26.4 Å². The van der Waals surface area contributed by atoms with Crippen molar-refractivity contribution in [3.63, 3.8) is 0 Å². The Kier molecular flexibility index (Phi) is 18.4. The van der Waals surface area contributed by atoms with Crippen LogP contribution < -0.4 is 0 Å². The van der Waals surface area contributed by atoms with Crippen molar-refractivity contribution in [1.29, 1.82) is 0 Å². The van der Waals surface area contributed by atoms with E-state index in [1.54, 1.807) is 0 Å². The number of carbonyl (C=O) groups excluding carboxylic acids is 2. The molecule has 0 aliphatic carbocycles. The third-order valence-electron chi connectivity index (χ3n) is 5.46. The number of hydrogen-bond acceptors (Lipinski definition) is 6. The fourth-order valence-corrected chi connectivity index (χ4v) is 3.59. The summed E-state index contributed by atoms with van der Waals surface area (Å²) >= 11 is 0. The molecule has 0 bridgehead atoms. The molecule has 6 nitrogen and oxygen atoms in total. The van der Waals surface area contributed by atoms with Crippen molar-refractivity contribution in [3.8, 4) is 0 Å². The molecule has 0 N–H and O–H groups in total. The molecule has 1 saturated heterocycles. The molecule has 0 aromatic rings. The first kappa shape index (κ1) is 26.6. The Morgan fingerprint density at radius 3 is 0.667 bits per heavy atom. The van der Waals surface area contributed by atoms with Gasteiger partial charge in [0, 0.05) is 0 Å². The van der Waals surface area contributed by atoms with Gasteiger partial charge in [-0.1, -0.05) is 89.9 Å². The first-order chi connectivity index (χ1) is 14.8. The fourth-order valence-electron chi connectivity index (χ4n) is 3.59. The second-order valence-corrected chi connectivity index (χ2v) is 8.26. The van der Waals surface area contributed by atoms with E-state index in [9.17, 15) is 9.59 Å². The quantitative estimate of drug-likeness (QED) is 0.376. The number of hydrogen-bond donors (Lipinski definition) is 0. The molecule has 1 aliphatic heterocycles. The largest absolute Gasteiger partial charge is 0.508 e. The van der Waals surface area contributed by atoms with Crippen molar-refractivity contribution in [1.82, 2.24) is 0 Å². The Balaban J connectivity index is 2.13. The lowest BCUT2D eigenvalue weighted by Gasteiger charge is -2.07. The molecule has 0 amide bonds. The highest BCUT2D eigenvalue weighted by molar-refractivity contribution is 5.60. The van der Waals surface area contributed by atoms with Crippen molar-refractivity contribution in [2.24, 2.45) is 0 Å². The van der Waals surface area contributed by atoms with Crippen LogP contribution in [-0.4, -0.2) is 38.7 Å². The van der Waals surface area contributed by atoms with Gasteiger partial charge in [0.25, 0.3) is 0 Å². The Bertz CT molecular complexity index is 375. The van der Waals surface area contributed by atoms with Crippen molar-refractivity contribution < 1.29 is 28.5 Å². The number of carbonyl (C=O) groups is 2. The topological polar surface area (TPSA) is 71.1 Å². The summed E-state index contributed by atoms with van der Waals surface area (Å²) < 4.78 is 20.5. The maximum absolute atomic E-state index is 11.5. The lowest BCUT2D eigenvalue weighted by atomic mass is 10.1. The molecule has 0 atom stereocenters. The maximum atomic E-state index is 11.5. The van der Waals surface area contributed by atoms with Gasteiger partial charge in [0.1, 0.15) is 0 Å². The SMILES string of the molecule is O=C1OCCCCCCCCCCCCOC(=O)OCCCCCCCCCCO1. The third kappa shape index (κ3) is 18.6. The van der Waals surface area contributed by atoms with Crippen LogP contribution in [0.3, 0.4) is 0 Å². The van der Waals surface area contributed by atoms with Crippen LogP contribution in [0.5, 0.6) is 0 Å². The van der Waals surface area contributed by atoms with Gasteiger partial charge in [-0.15, -0.1) is 0 Å². The second-order valence-electron chi connectivity index (χ2n) is 8.26. The van der Waals surface area contributed by atoms with Crippen molar-refractivity contribution in [2.75, 3.05) is 26.4 Å². The third-order valence-corrected chi connectivity index (χ3v) is 5.46. The number of cyclic esters (lactones) is 4. The molecule has 1 fully saturated rings. The Labute approximate surface area is 183 Å². The minimum absolute atomic E-state index is 0.451. The van der Waals surface area contributed by atoms with Gasteiger partial charge in [0.2, 0.25) is 0 Å². The van der Waals surface area contributed by atoms with E-state index in [0.717, 1.165) is 64.2 Å². The molecule has 6 heteroatoms. The molecule has 0 saturated carbocycles. The zero-order valence-corrected chi connectivity index (χ0v) is 19.0. The molecule has 1 heterocycles. The predicted octanol–water partition coefficient (Wildman–Crippen LogP) is 7.33. The van der Waals surface area contributed by atoms with Crippen molar-refractivity contribution >= 4 is 12.3 Å². The smallest absolute Gasteiger partial charge is 0.434 e. The van der Waals surface area contributed by atoms with Gasteiger partial charge in [-0.25, -0.2) is 9.59 Å². The zero-order valence-electron chi connectivity index (χ0n) is 19.0. The van der Waals surface area contributed by atoms with Crippen LogP contribution in [0.1, 0.15) is 116 Å². The van der Waals surface area contributed by atoms with Crippen LogP contribution in [0.4, 0.5) is 9.59 Å². The first-order valence-electron chi connectivity index (χ1n) is 12.4. The Morgan fingerprint density at radius 1 is 0.300 bits per heavy atom. The molecule has 1 aliphatic rings. The van der Waals surface area contributed by atoms with Crippen LogP contribution in [0.15, 0.2) is 0 Å². The summed E-state index contributed by atoms with van der Waals surface area (Å²) in [6.07, 6.45) is 19.0. The average Bonchev–Trinajstić information content (AvgIpc) is 2.74. The summed E-state index contributed by atoms with van der Waals surface area (Å²) in [6, 6.07) is 0. The van der Waals surface area contributed by atoms with E-state index in [1.165, 1.54) is 51.4 Å². The average molecular weight is 429 g/mol. The highest BCUT2D eigenvalue weighted by Gasteiger charge is 2.04. The van der Waals surface area contributed by atoms with Crippen LogP contribution in [-0.2, 0) is 18.9 Å². The molecule has 176 valence electrons. The van der Waals surface area contributed by atoms with E-state index in [1.807, 2.05) is 0 Å². The summed E-state index contributed by atoms with van der Waals surface area (Å²) in [6.45, 7) is 1.83. The lowest BCUT2D eigenvalue weighted by molar-refractivity contribution is 0.0517. The zero-order chi connectivity index (χ0) is 21.5. The summed E-state index contributed by atoms with van der Waals surface area (Å²) in [5, 5.41) is 0. The minimum atomic E-state index is -0.519. The van der Waals surface area contributed by atoms with Crippen molar-refractivity contribution in [2.45, 2.75) is 116 Å². The molecular formula is C24H44O6. The second kappa shape index (κ2) is 20.8. The highest BCUT2D eigenvalue weighted by atomic mass is 16.7. The van der Waals surface area contributed by atoms with E-state index in [-0.39, 0.29) is 0 Å². The summed E-state index contributed by atoms with van der Waals surface area (Å²) in [5.41, 5.74) is 0. The molecule has 0 aromatic carbocycles. The van der Waals surface area contributed by atoms with Crippen LogP contribution >= 0.6 is 0 Å². The standard InChI is InChI=1S/C24H44O6/c25-23-27-19-15-11-7-3-1-2-4-8-12-16-20-28-24(26)30-22-18-14-10-6-5-9-13-17-21-29-23/h1-22H2. The van der Waals surface area contributed by atoms with Crippen LogP contribution in [0.25, 0.3) is 0 Å². The summed E-state index contributed by atoms with van der Waals surface area (Å²) in [7, 11) is 0. The summed E-state index contributed by atoms with van der Waals surface area (Å²) in [4.78, 5) is 23.1. The Morgan fingerprint density at radius 2 is 0.467 bits per heavy atom. The number of ether oxygens (including phenoxy) is 4. The van der Waals surface area contributed by atoms with Gasteiger partial charge in [0.15, 0.2) is 0 Å². The molecule has 0 spiro atoms. The van der Waals surface area contributed by atoms with Crippen molar-refractivity contribution in [3.05, 3.63) is 0 Å². The van der Waals surface area contributed by atoms with Gasteiger partial charge >= 0.3 is 12.3 Å². The maximum Gasteiger partial charge on any atom is 0.508 e. The molecular weight excluding hydrogens is 384 g/mol. The molecule has 0 radical (unpaired) electrons. The monoisotopic (exact) mass is 428 g/mol. The molecule has 1 rings (SSSR count). The van der Waals surface area contributed by atoms with E-state index < -0.39 is 12.3 Å². The lowest BCUT2D eigenvalue weighted by Crippen LogP contribution is -2.09. The van der Waals surface area contributed by atoms with E-state index in [4.69, 9.17) is 18.9 Å².